The zero-order valence-electron chi connectivity index (χ0n) is 7.45. The molecule has 0 aliphatic rings. The van der Waals surface area contributed by atoms with Gasteiger partial charge in [-0.15, -0.1) is 0 Å². The molecule has 0 fully saturated rings. The summed E-state index contributed by atoms with van der Waals surface area (Å²) in [5.74, 6) is -0.161. The number of allylic oxidation sites excluding steroid dienone is 1. The fourth-order valence-electron chi connectivity index (χ4n) is 0.848. The van der Waals surface area contributed by atoms with Gasteiger partial charge in [-0.25, -0.2) is 0 Å². The molecule has 0 saturated carbocycles. The number of carbonyl (C=O) groups excluding carboxylic acids is 1. The molecule has 0 aliphatic carbocycles. The van der Waals surface area contributed by atoms with Crippen LogP contribution in [-0.4, -0.2) is 5.91 Å². The van der Waals surface area contributed by atoms with Gasteiger partial charge in [0.05, 0.1) is 5.69 Å². The van der Waals surface area contributed by atoms with Crippen molar-refractivity contribution in [3.05, 3.63) is 42.5 Å². The summed E-state index contributed by atoms with van der Waals surface area (Å²) in [6.45, 7) is 1.79. The number of amides is 1. The first kappa shape index (κ1) is 9.32. The van der Waals surface area contributed by atoms with E-state index in [-0.39, 0.29) is 5.91 Å². The highest BCUT2D eigenvalue weighted by Crippen LogP contribution is 2.02. The number of rotatable bonds is 3. The Bertz CT molecular complexity index is 293. The van der Waals surface area contributed by atoms with Crippen molar-refractivity contribution in [1.82, 2.24) is 5.43 Å². The molecule has 68 valence electrons. The molecule has 1 amide bonds. The minimum atomic E-state index is -0.161. The van der Waals surface area contributed by atoms with Crippen molar-refractivity contribution in [1.29, 1.82) is 0 Å². The summed E-state index contributed by atoms with van der Waals surface area (Å²) >= 11 is 0. The van der Waals surface area contributed by atoms with Gasteiger partial charge in [-0.3, -0.25) is 15.6 Å². The Morgan fingerprint density at radius 3 is 2.62 bits per heavy atom. The zero-order valence-corrected chi connectivity index (χ0v) is 7.45. The van der Waals surface area contributed by atoms with Crippen LogP contribution in [0.5, 0.6) is 0 Å². The van der Waals surface area contributed by atoms with E-state index in [1.165, 1.54) is 6.08 Å². The van der Waals surface area contributed by atoms with E-state index in [1.54, 1.807) is 13.0 Å². The lowest BCUT2D eigenvalue weighted by Crippen LogP contribution is -2.27. The van der Waals surface area contributed by atoms with Gasteiger partial charge >= 0.3 is 0 Å². The Morgan fingerprint density at radius 2 is 2.00 bits per heavy atom. The summed E-state index contributed by atoms with van der Waals surface area (Å²) in [5, 5.41) is 0. The number of nitrogens with one attached hydrogen (secondary N) is 2. The monoisotopic (exact) mass is 176 g/mol. The second-order valence-electron chi connectivity index (χ2n) is 2.48. The molecular formula is C10H12N2O. The lowest BCUT2D eigenvalue weighted by atomic mass is 10.3. The number of benzene rings is 1. The maximum absolute atomic E-state index is 11.0. The van der Waals surface area contributed by atoms with Gasteiger partial charge < -0.3 is 0 Å². The predicted octanol–water partition coefficient (Wildman–Crippen LogP) is 1.71. The molecular weight excluding hydrogens is 164 g/mol. The van der Waals surface area contributed by atoms with Gasteiger partial charge in [0.25, 0.3) is 5.91 Å². The van der Waals surface area contributed by atoms with Crippen LogP contribution in [0.15, 0.2) is 42.5 Å². The number of hydrogen-bond acceptors (Lipinski definition) is 2. The van der Waals surface area contributed by atoms with Crippen LogP contribution in [0.1, 0.15) is 6.92 Å². The van der Waals surface area contributed by atoms with Gasteiger partial charge in [0.1, 0.15) is 0 Å². The van der Waals surface area contributed by atoms with Crippen molar-refractivity contribution >= 4 is 11.6 Å². The molecule has 3 heteroatoms. The molecule has 0 unspecified atom stereocenters. The van der Waals surface area contributed by atoms with E-state index in [9.17, 15) is 4.79 Å². The average Bonchev–Trinajstić information content (AvgIpc) is 2.17. The highest BCUT2D eigenvalue weighted by atomic mass is 16.2. The summed E-state index contributed by atoms with van der Waals surface area (Å²) in [5.41, 5.74) is 6.16. The van der Waals surface area contributed by atoms with E-state index >= 15 is 0 Å². The highest BCUT2D eigenvalue weighted by Gasteiger charge is 1.92. The first-order valence-corrected chi connectivity index (χ1v) is 4.06. The molecule has 0 bridgehead atoms. The summed E-state index contributed by atoms with van der Waals surface area (Å²) in [7, 11) is 0. The number of anilines is 1. The smallest absolute Gasteiger partial charge is 0.261 e. The van der Waals surface area contributed by atoms with Gasteiger partial charge in [-0.05, 0) is 19.1 Å². The molecule has 0 atom stereocenters. The largest absolute Gasteiger partial charge is 0.298 e. The van der Waals surface area contributed by atoms with Crippen molar-refractivity contribution in [2.24, 2.45) is 0 Å². The number of hydrazine groups is 1. The molecule has 0 aliphatic heterocycles. The average molecular weight is 176 g/mol. The molecule has 0 saturated heterocycles. The standard InChI is InChI=1S/C10H12N2O/c1-2-6-10(13)12-11-9-7-4-3-5-8-9/h2-8,11H,1H3,(H,12,13). The van der Waals surface area contributed by atoms with Gasteiger partial charge in [0.15, 0.2) is 0 Å². The Kier molecular flexibility index (Phi) is 3.57. The van der Waals surface area contributed by atoms with Gasteiger partial charge in [-0.1, -0.05) is 24.3 Å². The molecule has 1 aromatic carbocycles. The molecule has 0 heterocycles. The van der Waals surface area contributed by atoms with Crippen molar-refractivity contribution in [3.63, 3.8) is 0 Å². The SMILES string of the molecule is CC=CC(=O)NNc1ccccc1. The summed E-state index contributed by atoms with van der Waals surface area (Å²) in [6, 6.07) is 9.44. The molecule has 0 spiro atoms. The third-order valence-corrected chi connectivity index (χ3v) is 1.42. The van der Waals surface area contributed by atoms with Gasteiger partial charge in [0.2, 0.25) is 0 Å². The normalized spacial score (nSPS) is 9.92. The Balaban J connectivity index is 2.40. The highest BCUT2D eigenvalue weighted by molar-refractivity contribution is 5.88. The van der Waals surface area contributed by atoms with E-state index in [1.807, 2.05) is 30.3 Å². The van der Waals surface area contributed by atoms with Crippen molar-refractivity contribution in [3.8, 4) is 0 Å². The lowest BCUT2D eigenvalue weighted by molar-refractivity contribution is -0.116. The fourth-order valence-corrected chi connectivity index (χ4v) is 0.848. The second-order valence-corrected chi connectivity index (χ2v) is 2.48. The van der Waals surface area contributed by atoms with Crippen LogP contribution in [0.2, 0.25) is 0 Å². The first-order valence-electron chi connectivity index (χ1n) is 4.06. The number of para-hydroxylation sites is 1. The third kappa shape index (κ3) is 3.42. The van der Waals surface area contributed by atoms with Crippen LogP contribution >= 0.6 is 0 Å². The quantitative estimate of drug-likeness (QED) is 0.543. The van der Waals surface area contributed by atoms with Crippen LogP contribution in [0.3, 0.4) is 0 Å². The molecule has 2 N–H and O–H groups in total. The maximum atomic E-state index is 11.0. The molecule has 0 aromatic heterocycles. The molecule has 0 radical (unpaired) electrons. The fraction of sp³-hybridized carbons (Fsp3) is 0.100. The number of carbonyl (C=O) groups is 1. The van der Waals surface area contributed by atoms with Crippen molar-refractivity contribution < 1.29 is 4.79 Å². The van der Waals surface area contributed by atoms with Crippen LogP contribution < -0.4 is 10.9 Å². The predicted molar refractivity (Wildman–Crippen MR) is 53.0 cm³/mol. The number of hydrogen-bond donors (Lipinski definition) is 2. The molecule has 1 rings (SSSR count). The van der Waals surface area contributed by atoms with Gasteiger partial charge in [0, 0.05) is 6.08 Å². The summed E-state index contributed by atoms with van der Waals surface area (Å²) in [6.07, 6.45) is 3.14. The summed E-state index contributed by atoms with van der Waals surface area (Å²) < 4.78 is 0. The first-order chi connectivity index (χ1) is 6.33. The van der Waals surface area contributed by atoms with Crippen LogP contribution in [0, 0.1) is 0 Å². The zero-order chi connectivity index (χ0) is 9.52. The van der Waals surface area contributed by atoms with Crippen molar-refractivity contribution in [2.45, 2.75) is 6.92 Å². The Hall–Kier alpha value is -1.77. The maximum Gasteiger partial charge on any atom is 0.261 e. The lowest BCUT2D eigenvalue weighted by Gasteiger charge is -2.04. The second kappa shape index (κ2) is 4.98. The van der Waals surface area contributed by atoms with Crippen LogP contribution in [0.25, 0.3) is 0 Å². The minimum Gasteiger partial charge on any atom is -0.298 e. The van der Waals surface area contributed by atoms with E-state index in [2.05, 4.69) is 10.9 Å². The van der Waals surface area contributed by atoms with Crippen molar-refractivity contribution in [2.75, 3.05) is 5.43 Å². The van der Waals surface area contributed by atoms with Crippen LogP contribution in [0.4, 0.5) is 5.69 Å². The Morgan fingerprint density at radius 1 is 1.31 bits per heavy atom. The summed E-state index contributed by atoms with van der Waals surface area (Å²) in [4.78, 5) is 11.0. The van der Waals surface area contributed by atoms with E-state index in [0.717, 1.165) is 5.69 Å². The van der Waals surface area contributed by atoms with Crippen LogP contribution in [-0.2, 0) is 4.79 Å². The molecule has 1 aromatic rings. The Labute approximate surface area is 77.4 Å². The minimum absolute atomic E-state index is 0.161. The molecule has 13 heavy (non-hydrogen) atoms. The van der Waals surface area contributed by atoms with Gasteiger partial charge in [-0.2, -0.15) is 0 Å². The molecule has 3 nitrogen and oxygen atoms in total. The topological polar surface area (TPSA) is 41.1 Å². The van der Waals surface area contributed by atoms with E-state index in [4.69, 9.17) is 0 Å². The van der Waals surface area contributed by atoms with E-state index in [0.29, 0.717) is 0 Å². The third-order valence-electron chi connectivity index (χ3n) is 1.42. The van der Waals surface area contributed by atoms with E-state index < -0.39 is 0 Å².